The van der Waals surface area contributed by atoms with Crippen molar-refractivity contribution in [3.63, 3.8) is 0 Å². The van der Waals surface area contributed by atoms with E-state index in [4.69, 9.17) is 0 Å². The lowest BCUT2D eigenvalue weighted by Crippen LogP contribution is -2.20. The molecule has 28 heavy (non-hydrogen) atoms. The van der Waals surface area contributed by atoms with E-state index in [2.05, 4.69) is 9.71 Å². The zero-order valence-corrected chi connectivity index (χ0v) is 16.9. The number of hydrogen-bond donors (Lipinski definition) is 1. The standard InChI is InChI=1S/C19H20FN3O3S2/c1-23-12-2-3-18(23)22-28(25,26)17-10-6-15(7-11-17)21-19(24)13-27-16-8-4-14(20)5-9-16/h4-11H,2-3,12-13H2,1H3,(H,21,24)/b22-18+. The first-order valence-corrected chi connectivity index (χ1v) is 11.1. The van der Waals surface area contributed by atoms with Crippen molar-refractivity contribution in [2.45, 2.75) is 22.6 Å². The molecular formula is C19H20FN3O3S2. The molecule has 1 aliphatic heterocycles. The Balaban J connectivity index is 1.59. The molecule has 0 spiro atoms. The van der Waals surface area contributed by atoms with Gasteiger partial charge in [-0.3, -0.25) is 4.79 Å². The van der Waals surface area contributed by atoms with E-state index in [1.807, 2.05) is 11.9 Å². The summed E-state index contributed by atoms with van der Waals surface area (Å²) in [5, 5.41) is 2.71. The van der Waals surface area contributed by atoms with Crippen LogP contribution in [0, 0.1) is 5.82 Å². The van der Waals surface area contributed by atoms with Crippen molar-refractivity contribution in [3.05, 3.63) is 54.3 Å². The molecule has 0 radical (unpaired) electrons. The van der Waals surface area contributed by atoms with Gasteiger partial charge < -0.3 is 10.2 Å². The van der Waals surface area contributed by atoms with Crippen molar-refractivity contribution in [2.75, 3.05) is 24.7 Å². The molecule has 0 unspecified atom stereocenters. The third-order valence-corrected chi connectivity index (χ3v) is 6.51. The highest BCUT2D eigenvalue weighted by molar-refractivity contribution is 8.00. The number of rotatable bonds is 6. The number of hydrogen-bond acceptors (Lipinski definition) is 4. The third-order valence-electron chi connectivity index (χ3n) is 4.18. The summed E-state index contributed by atoms with van der Waals surface area (Å²) in [7, 11) is -1.95. The number of amides is 1. The van der Waals surface area contributed by atoms with Gasteiger partial charge in [-0.2, -0.15) is 8.42 Å². The van der Waals surface area contributed by atoms with E-state index in [0.717, 1.165) is 17.9 Å². The number of nitrogens with zero attached hydrogens (tertiary/aromatic N) is 2. The number of halogens is 1. The topological polar surface area (TPSA) is 78.8 Å². The van der Waals surface area contributed by atoms with Crippen LogP contribution in [0.4, 0.5) is 10.1 Å². The van der Waals surface area contributed by atoms with E-state index in [0.29, 0.717) is 17.9 Å². The number of likely N-dealkylation sites (tertiary alicyclic amines) is 1. The number of sulfonamides is 1. The molecule has 1 heterocycles. The highest BCUT2D eigenvalue weighted by Crippen LogP contribution is 2.21. The zero-order chi connectivity index (χ0) is 20.1. The Labute approximate surface area is 167 Å². The highest BCUT2D eigenvalue weighted by Gasteiger charge is 2.20. The Morgan fingerprint density at radius 3 is 2.46 bits per heavy atom. The van der Waals surface area contributed by atoms with Crippen LogP contribution in [0.2, 0.25) is 0 Å². The molecule has 6 nitrogen and oxygen atoms in total. The molecule has 0 aliphatic carbocycles. The molecule has 9 heteroatoms. The molecule has 1 saturated heterocycles. The van der Waals surface area contributed by atoms with Gasteiger partial charge in [0.15, 0.2) is 0 Å². The summed E-state index contributed by atoms with van der Waals surface area (Å²) >= 11 is 1.28. The number of anilines is 1. The Morgan fingerprint density at radius 1 is 1.18 bits per heavy atom. The monoisotopic (exact) mass is 421 g/mol. The van der Waals surface area contributed by atoms with Gasteiger partial charge in [0.1, 0.15) is 11.7 Å². The summed E-state index contributed by atoms with van der Waals surface area (Å²) < 4.78 is 41.6. The van der Waals surface area contributed by atoms with Crippen LogP contribution in [-0.2, 0) is 14.8 Å². The summed E-state index contributed by atoms with van der Waals surface area (Å²) in [6.45, 7) is 0.801. The first-order valence-electron chi connectivity index (χ1n) is 8.67. The van der Waals surface area contributed by atoms with Crippen LogP contribution in [0.25, 0.3) is 0 Å². The second kappa shape index (κ2) is 8.74. The molecule has 148 valence electrons. The Hall–Kier alpha value is -2.39. The van der Waals surface area contributed by atoms with Crippen LogP contribution >= 0.6 is 11.8 Å². The van der Waals surface area contributed by atoms with Crippen LogP contribution in [0.5, 0.6) is 0 Å². The Morgan fingerprint density at radius 2 is 1.86 bits per heavy atom. The van der Waals surface area contributed by atoms with Gasteiger partial charge in [0.25, 0.3) is 10.0 Å². The molecule has 1 fully saturated rings. The molecule has 1 amide bonds. The zero-order valence-electron chi connectivity index (χ0n) is 15.3. The normalized spacial score (nSPS) is 15.8. The number of nitrogens with one attached hydrogen (secondary N) is 1. The molecule has 1 N–H and O–H groups in total. The van der Waals surface area contributed by atoms with Gasteiger partial charge in [-0.25, -0.2) is 4.39 Å². The van der Waals surface area contributed by atoms with Crippen LogP contribution in [0.1, 0.15) is 12.8 Å². The number of carbonyl (C=O) groups is 1. The SMILES string of the molecule is CN1CCC/C1=N\S(=O)(=O)c1ccc(NC(=O)CSc2ccc(F)cc2)cc1. The van der Waals surface area contributed by atoms with Crippen molar-refractivity contribution in [1.82, 2.24) is 4.90 Å². The first-order chi connectivity index (χ1) is 13.3. The van der Waals surface area contributed by atoms with Gasteiger partial charge in [-0.15, -0.1) is 16.2 Å². The quantitative estimate of drug-likeness (QED) is 0.724. The largest absolute Gasteiger partial charge is 0.362 e. The molecule has 2 aromatic rings. The molecule has 0 aromatic heterocycles. The molecule has 0 bridgehead atoms. The second-order valence-electron chi connectivity index (χ2n) is 6.32. The lowest BCUT2D eigenvalue weighted by atomic mass is 10.3. The van der Waals surface area contributed by atoms with Gasteiger partial charge >= 0.3 is 0 Å². The molecule has 0 saturated carbocycles. The van der Waals surface area contributed by atoms with Crippen molar-refractivity contribution < 1.29 is 17.6 Å². The maximum absolute atomic E-state index is 12.9. The van der Waals surface area contributed by atoms with Crippen molar-refractivity contribution in [1.29, 1.82) is 0 Å². The summed E-state index contributed by atoms with van der Waals surface area (Å²) in [6, 6.07) is 11.8. The van der Waals surface area contributed by atoms with Crippen molar-refractivity contribution in [3.8, 4) is 0 Å². The lowest BCUT2D eigenvalue weighted by Gasteiger charge is -2.11. The van der Waals surface area contributed by atoms with Gasteiger partial charge in [0, 0.05) is 30.6 Å². The average molecular weight is 422 g/mol. The Kier molecular flexibility index (Phi) is 6.35. The van der Waals surface area contributed by atoms with E-state index in [-0.39, 0.29) is 22.4 Å². The van der Waals surface area contributed by atoms with E-state index < -0.39 is 10.0 Å². The first kappa shape index (κ1) is 20.3. The molecule has 3 rings (SSSR count). The summed E-state index contributed by atoms with van der Waals surface area (Å²) in [6.07, 6.45) is 1.54. The minimum atomic E-state index is -3.77. The second-order valence-corrected chi connectivity index (χ2v) is 8.98. The predicted molar refractivity (Wildman–Crippen MR) is 109 cm³/mol. The highest BCUT2D eigenvalue weighted by atomic mass is 32.2. The van der Waals surface area contributed by atoms with E-state index in [1.165, 1.54) is 48.2 Å². The van der Waals surface area contributed by atoms with Gasteiger partial charge in [0.2, 0.25) is 5.91 Å². The van der Waals surface area contributed by atoms with E-state index >= 15 is 0 Å². The smallest absolute Gasteiger partial charge is 0.283 e. The number of thioether (sulfide) groups is 1. The predicted octanol–water partition coefficient (Wildman–Crippen LogP) is 3.37. The third kappa shape index (κ3) is 5.32. The van der Waals surface area contributed by atoms with Crippen molar-refractivity contribution in [2.24, 2.45) is 4.40 Å². The number of carbonyl (C=O) groups excluding carboxylic acids is 1. The summed E-state index contributed by atoms with van der Waals surface area (Å²) in [4.78, 5) is 14.8. The number of benzene rings is 2. The van der Waals surface area contributed by atoms with Crippen molar-refractivity contribution >= 4 is 39.2 Å². The maximum atomic E-state index is 12.9. The molecule has 1 aliphatic rings. The summed E-state index contributed by atoms with van der Waals surface area (Å²) in [5.74, 6) is 0.160. The molecule has 2 aromatic carbocycles. The van der Waals surface area contributed by atoms with E-state index in [9.17, 15) is 17.6 Å². The minimum absolute atomic E-state index is 0.0824. The Bertz CT molecular complexity index is 974. The van der Waals surface area contributed by atoms with Gasteiger partial charge in [-0.05, 0) is 55.0 Å². The number of amidine groups is 1. The fourth-order valence-corrected chi connectivity index (χ4v) is 4.48. The molecular weight excluding hydrogens is 401 g/mol. The minimum Gasteiger partial charge on any atom is -0.362 e. The fraction of sp³-hybridized carbons (Fsp3) is 0.263. The molecule has 0 atom stereocenters. The van der Waals surface area contributed by atoms with E-state index in [1.54, 1.807) is 12.1 Å². The maximum Gasteiger partial charge on any atom is 0.283 e. The van der Waals surface area contributed by atoms with Crippen LogP contribution < -0.4 is 5.32 Å². The van der Waals surface area contributed by atoms with Crippen LogP contribution in [-0.4, -0.2) is 44.4 Å². The lowest BCUT2D eigenvalue weighted by molar-refractivity contribution is -0.113. The average Bonchev–Trinajstić information content (AvgIpc) is 3.06. The summed E-state index contributed by atoms with van der Waals surface area (Å²) in [5.41, 5.74) is 0.495. The van der Waals surface area contributed by atoms with Gasteiger partial charge in [-0.1, -0.05) is 0 Å². The fourth-order valence-electron chi connectivity index (χ4n) is 2.69. The van der Waals surface area contributed by atoms with Crippen LogP contribution in [0.15, 0.2) is 62.7 Å². The van der Waals surface area contributed by atoms with Crippen LogP contribution in [0.3, 0.4) is 0 Å². The van der Waals surface area contributed by atoms with Gasteiger partial charge in [0.05, 0.1) is 10.6 Å².